The number of carbonyl (C=O) groups is 4. The molecule has 12 heteroatoms. The number of ether oxygens (including phenoxy) is 4. The first-order valence-corrected chi connectivity index (χ1v) is 14.3. The molecule has 0 heterocycles. The van der Waals surface area contributed by atoms with E-state index >= 15 is 0 Å². The molecule has 1 N–H and O–H groups in total. The van der Waals surface area contributed by atoms with E-state index in [0.717, 1.165) is 12.2 Å². The first-order chi connectivity index (χ1) is 17.9. The molecule has 5 atom stereocenters. The summed E-state index contributed by atoms with van der Waals surface area (Å²) in [6.07, 6.45) is 3.19. The fraction of sp³-hybridized carbons (Fsp3) is 0.692. The van der Waals surface area contributed by atoms with Gasteiger partial charge in [0.1, 0.15) is 12.2 Å². The molecule has 0 spiro atoms. The summed E-state index contributed by atoms with van der Waals surface area (Å²) in [6.45, 7) is 13.6. The van der Waals surface area contributed by atoms with E-state index in [9.17, 15) is 32.1 Å². The summed E-state index contributed by atoms with van der Waals surface area (Å²) in [5.41, 5.74) is 0. The van der Waals surface area contributed by atoms with Gasteiger partial charge in [-0.1, -0.05) is 53.7 Å². The van der Waals surface area contributed by atoms with Gasteiger partial charge in [-0.15, -0.1) is 0 Å². The minimum absolute atomic E-state index is 0.192. The van der Waals surface area contributed by atoms with Crippen LogP contribution in [0.1, 0.15) is 72.6 Å². The van der Waals surface area contributed by atoms with Crippen molar-refractivity contribution < 1.29 is 51.1 Å². The van der Waals surface area contributed by atoms with Crippen molar-refractivity contribution in [1.82, 2.24) is 0 Å². The first kappa shape index (κ1) is 35.3. The van der Waals surface area contributed by atoms with E-state index < -0.39 is 63.8 Å². The van der Waals surface area contributed by atoms with Gasteiger partial charge >= 0.3 is 23.9 Å². The molecular weight excluding hydrogens is 520 g/mol. The van der Waals surface area contributed by atoms with Gasteiger partial charge in [0.25, 0.3) is 10.1 Å². The van der Waals surface area contributed by atoms with Crippen LogP contribution in [0.4, 0.5) is 0 Å². The summed E-state index contributed by atoms with van der Waals surface area (Å²) in [5, 5.41) is -2.20. The zero-order valence-corrected chi connectivity index (χ0v) is 23.6. The fourth-order valence-corrected chi connectivity index (χ4v) is 4.38. The molecule has 0 rings (SSSR count). The predicted molar refractivity (Wildman–Crippen MR) is 139 cm³/mol. The predicted octanol–water partition coefficient (Wildman–Crippen LogP) is 3.57. The highest BCUT2D eigenvalue weighted by Gasteiger charge is 2.37. The van der Waals surface area contributed by atoms with Crippen molar-refractivity contribution in [2.75, 3.05) is 13.2 Å². The van der Waals surface area contributed by atoms with Gasteiger partial charge < -0.3 is 18.9 Å². The quantitative estimate of drug-likeness (QED) is 0.1000. The summed E-state index contributed by atoms with van der Waals surface area (Å²) in [7, 11) is -5.01. The van der Waals surface area contributed by atoms with Gasteiger partial charge in [-0.3, -0.25) is 14.1 Å². The van der Waals surface area contributed by atoms with Crippen molar-refractivity contribution in [3.8, 4) is 0 Å². The summed E-state index contributed by atoms with van der Waals surface area (Å²) >= 11 is 0. The van der Waals surface area contributed by atoms with Crippen molar-refractivity contribution in [2.45, 2.75) is 90.1 Å². The van der Waals surface area contributed by atoms with Crippen LogP contribution in [0.5, 0.6) is 0 Å². The van der Waals surface area contributed by atoms with Crippen molar-refractivity contribution in [3.63, 3.8) is 0 Å². The Bertz CT molecular complexity index is 897. The maximum atomic E-state index is 12.6. The highest BCUT2D eigenvalue weighted by Crippen LogP contribution is 2.21. The molecule has 0 fully saturated rings. The zero-order chi connectivity index (χ0) is 29.3. The lowest BCUT2D eigenvalue weighted by atomic mass is 9.96. The standard InChI is InChI=1S/C26H42O11S/c1-7-13-20(36-23(27)11-5)18(9-3)16-34-25(29)15-22(38(31,32)33)26(30)35-17-19(10-4)21(14-8-2)37-24(28)12-6/h11-12,18-22H,5-10,13-17H2,1-4H3,(H,31,32,33). The maximum absolute atomic E-state index is 12.6. The number of carbonyl (C=O) groups excluding carboxylic acids is 4. The third kappa shape index (κ3) is 13.2. The Morgan fingerprint density at radius 3 is 1.55 bits per heavy atom. The van der Waals surface area contributed by atoms with Gasteiger partial charge in [0.2, 0.25) is 0 Å². The van der Waals surface area contributed by atoms with E-state index in [0.29, 0.717) is 38.5 Å². The molecule has 0 aromatic rings. The molecule has 0 radical (unpaired) electrons. The Morgan fingerprint density at radius 2 is 1.21 bits per heavy atom. The molecule has 38 heavy (non-hydrogen) atoms. The first-order valence-electron chi connectivity index (χ1n) is 12.8. The molecule has 0 aromatic carbocycles. The third-order valence-electron chi connectivity index (χ3n) is 5.99. The van der Waals surface area contributed by atoms with E-state index in [2.05, 4.69) is 13.2 Å². The number of hydrogen-bond donors (Lipinski definition) is 1. The van der Waals surface area contributed by atoms with E-state index in [4.69, 9.17) is 18.9 Å². The van der Waals surface area contributed by atoms with Crippen molar-refractivity contribution in [1.29, 1.82) is 0 Å². The number of esters is 4. The SMILES string of the molecule is C=CC(=O)OC(CCC)C(CC)COC(=O)CC(C(=O)OCC(CC)C(CCC)OC(=O)C=C)S(=O)(=O)O. The lowest BCUT2D eigenvalue weighted by Crippen LogP contribution is -2.37. The van der Waals surface area contributed by atoms with Crippen molar-refractivity contribution in [3.05, 3.63) is 25.3 Å². The lowest BCUT2D eigenvalue weighted by Gasteiger charge is -2.26. The Kier molecular flexibility index (Phi) is 17.2. The summed E-state index contributed by atoms with van der Waals surface area (Å²) in [4.78, 5) is 48.3. The van der Waals surface area contributed by atoms with Gasteiger partial charge in [0.15, 0.2) is 5.25 Å². The zero-order valence-electron chi connectivity index (χ0n) is 22.8. The van der Waals surface area contributed by atoms with E-state index in [1.54, 1.807) is 6.92 Å². The number of hydrogen-bond acceptors (Lipinski definition) is 10. The monoisotopic (exact) mass is 562 g/mol. The normalized spacial score (nSPS) is 15.2. The van der Waals surface area contributed by atoms with Crippen molar-refractivity contribution >= 4 is 34.0 Å². The van der Waals surface area contributed by atoms with Crippen LogP contribution in [0.2, 0.25) is 0 Å². The minimum atomic E-state index is -5.01. The van der Waals surface area contributed by atoms with Gasteiger partial charge in [-0.2, -0.15) is 8.42 Å². The Labute approximate surface area is 225 Å². The van der Waals surface area contributed by atoms with E-state index in [1.807, 2.05) is 20.8 Å². The molecular formula is C26H42O11S. The second-order valence-electron chi connectivity index (χ2n) is 8.79. The molecule has 0 saturated heterocycles. The molecule has 5 unspecified atom stereocenters. The van der Waals surface area contributed by atoms with Crippen molar-refractivity contribution in [2.24, 2.45) is 11.8 Å². The molecule has 0 aliphatic rings. The number of rotatable bonds is 20. The second-order valence-corrected chi connectivity index (χ2v) is 10.4. The lowest BCUT2D eigenvalue weighted by molar-refractivity contribution is -0.157. The van der Waals surface area contributed by atoms with E-state index in [-0.39, 0.29) is 19.1 Å². The summed E-state index contributed by atoms with van der Waals surface area (Å²) < 4.78 is 54.3. The summed E-state index contributed by atoms with van der Waals surface area (Å²) in [6, 6.07) is 0. The fourth-order valence-electron chi connectivity index (χ4n) is 3.72. The van der Waals surface area contributed by atoms with Crippen LogP contribution in [-0.2, 0) is 48.2 Å². The highest BCUT2D eigenvalue weighted by atomic mass is 32.2. The van der Waals surface area contributed by atoms with Gasteiger partial charge in [-0.25, -0.2) is 9.59 Å². The highest BCUT2D eigenvalue weighted by molar-refractivity contribution is 7.87. The summed E-state index contributed by atoms with van der Waals surface area (Å²) in [5.74, 6) is -4.46. The molecule has 0 saturated carbocycles. The molecule has 0 amide bonds. The third-order valence-corrected chi connectivity index (χ3v) is 7.07. The second kappa shape index (κ2) is 18.5. The smallest absolute Gasteiger partial charge is 0.330 e. The van der Waals surface area contributed by atoms with Crippen LogP contribution >= 0.6 is 0 Å². The minimum Gasteiger partial charge on any atom is -0.465 e. The Hall–Kier alpha value is -2.73. The molecule has 218 valence electrons. The average molecular weight is 563 g/mol. The molecule has 0 aromatic heterocycles. The van der Waals surface area contributed by atoms with Gasteiger partial charge in [0, 0.05) is 24.0 Å². The molecule has 0 aliphatic carbocycles. The Balaban J connectivity index is 5.33. The Morgan fingerprint density at radius 1 is 0.789 bits per heavy atom. The van der Waals surface area contributed by atoms with Crippen LogP contribution in [0.15, 0.2) is 25.3 Å². The molecule has 11 nitrogen and oxygen atoms in total. The topological polar surface area (TPSA) is 160 Å². The average Bonchev–Trinajstić information content (AvgIpc) is 2.86. The molecule has 0 aliphatic heterocycles. The van der Waals surface area contributed by atoms with E-state index in [1.165, 1.54) is 0 Å². The van der Waals surface area contributed by atoms with Crippen LogP contribution < -0.4 is 0 Å². The molecule has 0 bridgehead atoms. The van der Waals surface area contributed by atoms with Crippen LogP contribution in [0.25, 0.3) is 0 Å². The van der Waals surface area contributed by atoms with Crippen LogP contribution in [-0.4, -0.2) is 67.5 Å². The largest absolute Gasteiger partial charge is 0.465 e. The van der Waals surface area contributed by atoms with Gasteiger partial charge in [-0.05, 0) is 25.7 Å². The maximum Gasteiger partial charge on any atom is 0.330 e. The van der Waals surface area contributed by atoms with Crippen LogP contribution in [0, 0.1) is 11.8 Å². The van der Waals surface area contributed by atoms with Gasteiger partial charge in [0.05, 0.1) is 19.6 Å². The van der Waals surface area contributed by atoms with Crippen LogP contribution in [0.3, 0.4) is 0 Å².